The van der Waals surface area contributed by atoms with E-state index in [-0.39, 0.29) is 13.2 Å². The van der Waals surface area contributed by atoms with Crippen molar-refractivity contribution < 1.29 is 14.3 Å². The molecule has 0 N–H and O–H groups in total. The van der Waals surface area contributed by atoms with Crippen LogP contribution in [0.15, 0.2) is 48.7 Å². The maximum absolute atomic E-state index is 12.0. The number of fused-ring (bicyclic) bond motifs is 1. The Hall–Kier alpha value is -2.37. The van der Waals surface area contributed by atoms with Crippen molar-refractivity contribution in [3.63, 3.8) is 0 Å². The Balaban J connectivity index is 1.64. The molecule has 0 fully saturated rings. The summed E-state index contributed by atoms with van der Waals surface area (Å²) in [4.78, 5) is 16.3. The second kappa shape index (κ2) is 8.34. The van der Waals surface area contributed by atoms with E-state index in [1.807, 2.05) is 12.1 Å². The van der Waals surface area contributed by atoms with Crippen LogP contribution < -0.4 is 4.74 Å². The molecule has 0 unspecified atom stereocenters. The van der Waals surface area contributed by atoms with Crippen molar-refractivity contribution in [3.8, 4) is 11.8 Å². The van der Waals surface area contributed by atoms with E-state index in [0.717, 1.165) is 14.5 Å². The molecule has 7 heteroatoms. The number of nitriles is 1. The first kappa shape index (κ1) is 18.4. The summed E-state index contributed by atoms with van der Waals surface area (Å²) in [5.74, 6) is 0.00474. The average Bonchev–Trinajstić information content (AvgIpc) is 2.66. The van der Waals surface area contributed by atoms with Gasteiger partial charge in [0.1, 0.15) is 12.1 Å². The molecule has 0 aliphatic heterocycles. The molecule has 0 saturated carbocycles. The Morgan fingerprint density at radius 1 is 1.27 bits per heavy atom. The lowest BCUT2D eigenvalue weighted by Crippen LogP contribution is -2.15. The van der Waals surface area contributed by atoms with Gasteiger partial charge in [0.05, 0.1) is 20.2 Å². The molecule has 0 aliphatic rings. The van der Waals surface area contributed by atoms with Crippen molar-refractivity contribution in [1.82, 2.24) is 4.98 Å². The third-order valence-corrected chi connectivity index (χ3v) is 4.68. The summed E-state index contributed by atoms with van der Waals surface area (Å²) in [7, 11) is 0. The van der Waals surface area contributed by atoms with Crippen molar-refractivity contribution in [2.75, 3.05) is 6.61 Å². The Bertz CT molecular complexity index is 1000. The number of carbonyl (C=O) groups excluding carboxylic acids is 1. The molecule has 0 aliphatic carbocycles. The largest absolute Gasteiger partial charge is 0.478 e. The Labute approximate surface area is 168 Å². The minimum absolute atomic E-state index is 0.116. The van der Waals surface area contributed by atoms with Crippen molar-refractivity contribution >= 4 is 51.1 Å². The summed E-state index contributed by atoms with van der Waals surface area (Å²) in [6.07, 6.45) is 1.64. The second-order valence-electron chi connectivity index (χ2n) is 5.33. The molecule has 5 nitrogen and oxygen atoms in total. The van der Waals surface area contributed by atoms with E-state index in [0.29, 0.717) is 21.9 Å². The average molecular weight is 479 g/mol. The molecule has 2 aromatic carbocycles. The Morgan fingerprint density at radius 3 is 2.77 bits per heavy atom. The zero-order valence-electron chi connectivity index (χ0n) is 13.4. The Kier molecular flexibility index (Phi) is 5.91. The van der Waals surface area contributed by atoms with Gasteiger partial charge in [-0.1, -0.05) is 23.7 Å². The normalized spacial score (nSPS) is 10.3. The zero-order valence-corrected chi connectivity index (χ0v) is 16.3. The number of halogens is 2. The van der Waals surface area contributed by atoms with E-state index in [1.54, 1.807) is 42.6 Å². The number of pyridine rings is 1. The minimum atomic E-state index is -0.496. The number of hydrogen-bond donors (Lipinski definition) is 0. The fraction of sp³-hybridized carbons (Fsp3) is 0.105. The summed E-state index contributed by atoms with van der Waals surface area (Å²) < 4.78 is 11.6. The van der Waals surface area contributed by atoms with Gasteiger partial charge in [-0.15, -0.1) is 0 Å². The van der Waals surface area contributed by atoms with E-state index >= 15 is 0 Å². The van der Waals surface area contributed by atoms with Crippen LogP contribution in [0.5, 0.6) is 5.75 Å². The van der Waals surface area contributed by atoms with Crippen molar-refractivity contribution in [1.29, 1.82) is 5.26 Å². The minimum Gasteiger partial charge on any atom is -0.478 e. The number of carbonyl (C=O) groups is 1. The van der Waals surface area contributed by atoms with Gasteiger partial charge in [-0.05, 0) is 58.5 Å². The standard InChI is InChI=1S/C19H12ClIN2O3/c20-15-8-16(21)19(18-14(15)2-1-7-23-18)26-11-17(24)25-10-13-5-3-12(9-22)4-6-13/h1-8H,10-11H2. The van der Waals surface area contributed by atoms with Gasteiger partial charge >= 0.3 is 5.97 Å². The lowest BCUT2D eigenvalue weighted by Gasteiger charge is -2.11. The smallest absolute Gasteiger partial charge is 0.344 e. The summed E-state index contributed by atoms with van der Waals surface area (Å²) in [5, 5.41) is 10.1. The van der Waals surface area contributed by atoms with Crippen LogP contribution in [-0.2, 0) is 16.1 Å². The molecular weight excluding hydrogens is 467 g/mol. The molecule has 0 radical (unpaired) electrons. The van der Waals surface area contributed by atoms with E-state index in [4.69, 9.17) is 26.3 Å². The van der Waals surface area contributed by atoms with Crippen LogP contribution in [0.3, 0.4) is 0 Å². The third-order valence-electron chi connectivity index (χ3n) is 3.57. The highest BCUT2D eigenvalue weighted by molar-refractivity contribution is 14.1. The number of rotatable bonds is 5. The fourth-order valence-electron chi connectivity index (χ4n) is 2.30. The Morgan fingerprint density at radius 2 is 2.04 bits per heavy atom. The fourth-order valence-corrected chi connectivity index (χ4v) is 3.46. The monoisotopic (exact) mass is 478 g/mol. The number of benzene rings is 2. The second-order valence-corrected chi connectivity index (χ2v) is 6.90. The number of nitrogens with zero attached hydrogens (tertiary/aromatic N) is 2. The molecule has 0 saturated heterocycles. The topological polar surface area (TPSA) is 72.2 Å². The number of hydrogen-bond acceptors (Lipinski definition) is 5. The summed E-state index contributed by atoms with van der Waals surface area (Å²) in [6, 6.07) is 14.3. The van der Waals surface area contributed by atoms with Crippen LogP contribution in [0.2, 0.25) is 5.02 Å². The van der Waals surface area contributed by atoms with Gasteiger partial charge < -0.3 is 9.47 Å². The SMILES string of the molecule is N#Cc1ccc(COC(=O)COc2c(I)cc(Cl)c3cccnc23)cc1. The van der Waals surface area contributed by atoms with Gasteiger partial charge in [-0.25, -0.2) is 4.79 Å². The first-order valence-corrected chi connectivity index (χ1v) is 9.04. The van der Waals surface area contributed by atoms with Gasteiger partial charge in [0, 0.05) is 11.6 Å². The summed E-state index contributed by atoms with van der Waals surface area (Å²) >= 11 is 8.31. The molecule has 0 spiro atoms. The number of ether oxygens (including phenoxy) is 2. The summed E-state index contributed by atoms with van der Waals surface area (Å²) in [5.41, 5.74) is 1.95. The third kappa shape index (κ3) is 4.23. The van der Waals surface area contributed by atoms with Crippen LogP contribution in [0, 0.1) is 14.9 Å². The van der Waals surface area contributed by atoms with Gasteiger partial charge in [-0.2, -0.15) is 5.26 Å². The van der Waals surface area contributed by atoms with Gasteiger partial charge in [0.15, 0.2) is 12.4 Å². The number of esters is 1. The molecule has 130 valence electrons. The zero-order chi connectivity index (χ0) is 18.5. The molecule has 26 heavy (non-hydrogen) atoms. The van der Waals surface area contributed by atoms with Crippen LogP contribution in [-0.4, -0.2) is 17.6 Å². The van der Waals surface area contributed by atoms with E-state index in [2.05, 4.69) is 27.6 Å². The van der Waals surface area contributed by atoms with Gasteiger partial charge in [-0.3, -0.25) is 4.98 Å². The first-order chi connectivity index (χ1) is 12.6. The molecule has 1 aromatic heterocycles. The van der Waals surface area contributed by atoms with Crippen molar-refractivity contribution in [2.45, 2.75) is 6.61 Å². The van der Waals surface area contributed by atoms with Crippen LogP contribution >= 0.6 is 34.2 Å². The molecule has 0 bridgehead atoms. The number of aromatic nitrogens is 1. The van der Waals surface area contributed by atoms with Crippen LogP contribution in [0.4, 0.5) is 0 Å². The van der Waals surface area contributed by atoms with Gasteiger partial charge in [0.2, 0.25) is 0 Å². The molecule has 1 heterocycles. The quantitative estimate of drug-likeness (QED) is 0.399. The highest BCUT2D eigenvalue weighted by Crippen LogP contribution is 2.34. The molecule has 3 aromatic rings. The lowest BCUT2D eigenvalue weighted by atomic mass is 10.2. The van der Waals surface area contributed by atoms with Crippen LogP contribution in [0.25, 0.3) is 10.9 Å². The molecule has 0 atom stereocenters. The molecular formula is C19H12ClIN2O3. The maximum Gasteiger partial charge on any atom is 0.344 e. The van der Waals surface area contributed by atoms with E-state index < -0.39 is 5.97 Å². The maximum atomic E-state index is 12.0. The predicted octanol–water partition coefficient (Wildman–Crippen LogP) is 4.49. The van der Waals surface area contributed by atoms with E-state index in [1.165, 1.54) is 0 Å². The predicted molar refractivity (Wildman–Crippen MR) is 106 cm³/mol. The van der Waals surface area contributed by atoms with Crippen molar-refractivity contribution in [2.24, 2.45) is 0 Å². The van der Waals surface area contributed by atoms with Crippen molar-refractivity contribution in [3.05, 3.63) is 68.4 Å². The highest BCUT2D eigenvalue weighted by Gasteiger charge is 2.14. The molecule has 3 rings (SSSR count). The van der Waals surface area contributed by atoms with Gasteiger partial charge in [0.25, 0.3) is 0 Å². The molecule has 0 amide bonds. The highest BCUT2D eigenvalue weighted by atomic mass is 127. The lowest BCUT2D eigenvalue weighted by molar-refractivity contribution is -0.147. The van der Waals surface area contributed by atoms with E-state index in [9.17, 15) is 4.79 Å². The van der Waals surface area contributed by atoms with Crippen LogP contribution in [0.1, 0.15) is 11.1 Å². The summed E-state index contributed by atoms with van der Waals surface area (Å²) in [6.45, 7) is -0.121. The first-order valence-electron chi connectivity index (χ1n) is 7.58.